The van der Waals surface area contributed by atoms with Crippen molar-refractivity contribution >= 4 is 5.90 Å². The lowest BCUT2D eigenvalue weighted by Crippen LogP contribution is -2.16. The summed E-state index contributed by atoms with van der Waals surface area (Å²) in [4.78, 5) is 6.41. The molecule has 3 nitrogen and oxygen atoms in total. The standard InChI is InChI=1S/C11H20N2O/c1-10-5-6-11(12-9-10)14-8-4-7-13(2)3/h9H,4-8H2,1-3H3. The van der Waals surface area contributed by atoms with E-state index in [1.54, 1.807) is 0 Å². The summed E-state index contributed by atoms with van der Waals surface area (Å²) in [5, 5.41) is 0. The van der Waals surface area contributed by atoms with E-state index in [-0.39, 0.29) is 0 Å². The number of nitrogens with zero attached hydrogens (tertiary/aromatic N) is 2. The lowest BCUT2D eigenvalue weighted by atomic mass is 10.1. The monoisotopic (exact) mass is 196 g/mol. The van der Waals surface area contributed by atoms with Gasteiger partial charge >= 0.3 is 0 Å². The van der Waals surface area contributed by atoms with E-state index >= 15 is 0 Å². The van der Waals surface area contributed by atoms with Gasteiger partial charge in [0.2, 0.25) is 0 Å². The van der Waals surface area contributed by atoms with Crippen LogP contribution in [0, 0.1) is 0 Å². The molecule has 0 aromatic rings. The molecule has 0 fully saturated rings. The van der Waals surface area contributed by atoms with Gasteiger partial charge in [0.25, 0.3) is 0 Å². The Labute approximate surface area is 86.5 Å². The molecule has 1 heterocycles. The van der Waals surface area contributed by atoms with Crippen LogP contribution in [-0.2, 0) is 4.74 Å². The molecular weight excluding hydrogens is 176 g/mol. The van der Waals surface area contributed by atoms with Crippen molar-refractivity contribution < 1.29 is 4.74 Å². The molecule has 0 aromatic carbocycles. The molecule has 0 unspecified atom stereocenters. The molecule has 0 saturated carbocycles. The summed E-state index contributed by atoms with van der Waals surface area (Å²) in [6.07, 6.45) is 5.02. The molecular formula is C11H20N2O. The van der Waals surface area contributed by atoms with Gasteiger partial charge in [0.1, 0.15) is 0 Å². The van der Waals surface area contributed by atoms with E-state index in [2.05, 4.69) is 30.9 Å². The first-order valence-corrected chi connectivity index (χ1v) is 5.18. The maximum atomic E-state index is 5.56. The van der Waals surface area contributed by atoms with Crippen LogP contribution < -0.4 is 0 Å². The molecule has 0 aliphatic carbocycles. The van der Waals surface area contributed by atoms with E-state index in [1.165, 1.54) is 5.57 Å². The smallest absolute Gasteiger partial charge is 0.188 e. The zero-order chi connectivity index (χ0) is 10.4. The summed E-state index contributed by atoms with van der Waals surface area (Å²) in [7, 11) is 4.15. The molecule has 0 saturated heterocycles. The highest BCUT2D eigenvalue weighted by molar-refractivity contribution is 5.77. The van der Waals surface area contributed by atoms with Gasteiger partial charge in [0.05, 0.1) is 6.61 Å². The highest BCUT2D eigenvalue weighted by atomic mass is 16.5. The first-order valence-electron chi connectivity index (χ1n) is 5.18. The zero-order valence-corrected chi connectivity index (χ0v) is 9.42. The number of rotatable bonds is 4. The first kappa shape index (κ1) is 11.2. The van der Waals surface area contributed by atoms with Crippen molar-refractivity contribution in [3.63, 3.8) is 0 Å². The Morgan fingerprint density at radius 1 is 1.43 bits per heavy atom. The molecule has 1 aliphatic rings. The molecule has 1 rings (SSSR count). The van der Waals surface area contributed by atoms with Crippen molar-refractivity contribution in [3.8, 4) is 0 Å². The van der Waals surface area contributed by atoms with Crippen LogP contribution in [-0.4, -0.2) is 38.0 Å². The van der Waals surface area contributed by atoms with Crippen LogP contribution in [0.3, 0.4) is 0 Å². The molecule has 1 aliphatic heterocycles. The van der Waals surface area contributed by atoms with Crippen molar-refractivity contribution in [2.45, 2.75) is 26.2 Å². The largest absolute Gasteiger partial charge is 0.481 e. The Morgan fingerprint density at radius 3 is 2.79 bits per heavy atom. The maximum Gasteiger partial charge on any atom is 0.188 e. The molecule has 0 N–H and O–H groups in total. The molecule has 0 bridgehead atoms. The minimum absolute atomic E-state index is 0.782. The van der Waals surface area contributed by atoms with Crippen LogP contribution in [0.4, 0.5) is 0 Å². The summed E-state index contributed by atoms with van der Waals surface area (Å²) in [6.45, 7) is 3.96. The highest BCUT2D eigenvalue weighted by Crippen LogP contribution is 2.11. The van der Waals surface area contributed by atoms with Crippen LogP contribution in [0.15, 0.2) is 16.8 Å². The minimum Gasteiger partial charge on any atom is -0.481 e. The first-order chi connectivity index (χ1) is 6.68. The summed E-state index contributed by atoms with van der Waals surface area (Å²) < 4.78 is 5.56. The molecule has 14 heavy (non-hydrogen) atoms. The summed E-state index contributed by atoms with van der Waals surface area (Å²) >= 11 is 0. The zero-order valence-electron chi connectivity index (χ0n) is 9.42. The molecule has 0 amide bonds. The van der Waals surface area contributed by atoms with E-state index < -0.39 is 0 Å². The van der Waals surface area contributed by atoms with Gasteiger partial charge in [-0.2, -0.15) is 0 Å². The topological polar surface area (TPSA) is 24.8 Å². The van der Waals surface area contributed by atoms with E-state index in [9.17, 15) is 0 Å². The molecule has 0 radical (unpaired) electrons. The number of allylic oxidation sites excluding steroid dienone is 1. The van der Waals surface area contributed by atoms with Gasteiger partial charge in [-0.15, -0.1) is 0 Å². The van der Waals surface area contributed by atoms with Crippen molar-refractivity contribution in [3.05, 3.63) is 11.8 Å². The average molecular weight is 196 g/mol. The van der Waals surface area contributed by atoms with Gasteiger partial charge in [-0.3, -0.25) is 0 Å². The van der Waals surface area contributed by atoms with Crippen molar-refractivity contribution in [1.82, 2.24) is 4.90 Å². The normalized spacial score (nSPS) is 16.6. The van der Waals surface area contributed by atoms with Crippen molar-refractivity contribution in [2.24, 2.45) is 4.99 Å². The fraction of sp³-hybridized carbons (Fsp3) is 0.727. The second-order valence-electron chi connectivity index (χ2n) is 4.00. The van der Waals surface area contributed by atoms with Gasteiger partial charge in [-0.25, -0.2) is 4.99 Å². The summed E-state index contributed by atoms with van der Waals surface area (Å²) in [6, 6.07) is 0. The maximum absolute atomic E-state index is 5.56. The van der Waals surface area contributed by atoms with Crippen molar-refractivity contribution in [1.29, 1.82) is 0 Å². The van der Waals surface area contributed by atoms with Crippen molar-refractivity contribution in [2.75, 3.05) is 27.2 Å². The van der Waals surface area contributed by atoms with E-state index in [1.807, 2.05) is 6.20 Å². The van der Waals surface area contributed by atoms with Gasteiger partial charge in [0, 0.05) is 19.2 Å². The number of aliphatic imine (C=N–C) groups is 1. The Morgan fingerprint density at radius 2 is 2.21 bits per heavy atom. The molecule has 3 heteroatoms. The fourth-order valence-corrected chi connectivity index (χ4v) is 1.30. The predicted molar refractivity (Wildman–Crippen MR) is 59.5 cm³/mol. The Kier molecular flexibility index (Phi) is 4.66. The van der Waals surface area contributed by atoms with E-state index in [0.717, 1.165) is 38.3 Å². The molecule has 0 atom stereocenters. The lowest BCUT2D eigenvalue weighted by molar-refractivity contribution is 0.264. The fourth-order valence-electron chi connectivity index (χ4n) is 1.30. The van der Waals surface area contributed by atoms with Crippen LogP contribution in [0.5, 0.6) is 0 Å². The Hall–Kier alpha value is -0.830. The average Bonchev–Trinajstić information content (AvgIpc) is 2.15. The molecule has 0 spiro atoms. The second kappa shape index (κ2) is 5.81. The van der Waals surface area contributed by atoms with Crippen LogP contribution in [0.25, 0.3) is 0 Å². The SMILES string of the molecule is CC1=CN=C(OCCCN(C)C)CC1. The van der Waals surface area contributed by atoms with Crippen LogP contribution in [0.1, 0.15) is 26.2 Å². The number of hydrogen-bond donors (Lipinski definition) is 0. The number of ether oxygens (including phenoxy) is 1. The third kappa shape index (κ3) is 4.42. The van der Waals surface area contributed by atoms with Gasteiger partial charge < -0.3 is 9.64 Å². The van der Waals surface area contributed by atoms with E-state index in [0.29, 0.717) is 0 Å². The van der Waals surface area contributed by atoms with Gasteiger partial charge in [-0.1, -0.05) is 5.57 Å². The predicted octanol–water partition coefficient (Wildman–Crippen LogP) is 2.05. The number of hydrogen-bond acceptors (Lipinski definition) is 3. The lowest BCUT2D eigenvalue weighted by Gasteiger charge is -2.13. The third-order valence-corrected chi connectivity index (χ3v) is 2.18. The second-order valence-corrected chi connectivity index (χ2v) is 4.00. The van der Waals surface area contributed by atoms with Crippen LogP contribution >= 0.6 is 0 Å². The van der Waals surface area contributed by atoms with Gasteiger partial charge in [0.15, 0.2) is 5.90 Å². The quantitative estimate of drug-likeness (QED) is 0.643. The molecule has 0 aromatic heterocycles. The summed E-state index contributed by atoms with van der Waals surface area (Å²) in [5.41, 5.74) is 1.34. The molecule has 80 valence electrons. The van der Waals surface area contributed by atoms with Gasteiger partial charge in [-0.05, 0) is 33.9 Å². The Balaban J connectivity index is 2.13. The minimum atomic E-state index is 0.782. The third-order valence-electron chi connectivity index (χ3n) is 2.18. The highest BCUT2D eigenvalue weighted by Gasteiger charge is 2.05. The summed E-state index contributed by atoms with van der Waals surface area (Å²) in [5.74, 6) is 0.898. The van der Waals surface area contributed by atoms with E-state index in [4.69, 9.17) is 4.74 Å². The van der Waals surface area contributed by atoms with Crippen LogP contribution in [0.2, 0.25) is 0 Å². The Bertz CT molecular complexity index is 231.